The standard InChI is InChI=1S/C16H25F3N2/c1-5-21(12-16(17,18)19)14(11-20-15(2,3)4)13-9-7-6-8-10-13/h6-10,14,20H,5,11-12H2,1-4H3. The lowest BCUT2D eigenvalue weighted by atomic mass is 10.0. The molecule has 0 saturated carbocycles. The predicted molar refractivity (Wildman–Crippen MR) is 80.2 cm³/mol. The summed E-state index contributed by atoms with van der Waals surface area (Å²) < 4.78 is 38.3. The smallest absolute Gasteiger partial charge is 0.310 e. The zero-order chi connectivity index (χ0) is 16.1. The molecule has 0 spiro atoms. The number of hydrogen-bond acceptors (Lipinski definition) is 2. The van der Waals surface area contributed by atoms with Crippen LogP contribution in [0, 0.1) is 0 Å². The van der Waals surface area contributed by atoms with Gasteiger partial charge in [-0.25, -0.2) is 0 Å². The van der Waals surface area contributed by atoms with Crippen LogP contribution in [0.3, 0.4) is 0 Å². The summed E-state index contributed by atoms with van der Waals surface area (Å²) in [5.41, 5.74) is 0.769. The first kappa shape index (κ1) is 18.0. The van der Waals surface area contributed by atoms with E-state index in [0.717, 1.165) is 5.56 Å². The molecule has 0 aliphatic heterocycles. The highest BCUT2D eigenvalue weighted by atomic mass is 19.4. The van der Waals surface area contributed by atoms with Crippen molar-refractivity contribution in [3.8, 4) is 0 Å². The Balaban J connectivity index is 2.94. The number of alkyl halides is 3. The second-order valence-electron chi connectivity index (χ2n) is 6.24. The van der Waals surface area contributed by atoms with E-state index < -0.39 is 12.7 Å². The van der Waals surface area contributed by atoms with Crippen LogP contribution in [0.4, 0.5) is 13.2 Å². The van der Waals surface area contributed by atoms with Crippen molar-refractivity contribution in [2.75, 3.05) is 19.6 Å². The Morgan fingerprint density at radius 3 is 2.10 bits per heavy atom. The Morgan fingerprint density at radius 2 is 1.67 bits per heavy atom. The summed E-state index contributed by atoms with van der Waals surface area (Å²) in [6, 6.07) is 9.07. The topological polar surface area (TPSA) is 15.3 Å². The van der Waals surface area contributed by atoms with Crippen molar-refractivity contribution in [3.63, 3.8) is 0 Å². The molecule has 1 rings (SSSR count). The molecule has 1 N–H and O–H groups in total. The van der Waals surface area contributed by atoms with Crippen molar-refractivity contribution in [2.45, 2.75) is 45.5 Å². The first-order valence-electron chi connectivity index (χ1n) is 7.23. The normalized spacial score (nSPS) is 14.5. The summed E-state index contributed by atoms with van der Waals surface area (Å²) in [6.45, 7) is 7.73. The third kappa shape index (κ3) is 6.96. The second kappa shape index (κ2) is 7.27. The average molecular weight is 302 g/mol. The molecule has 0 bridgehead atoms. The molecule has 1 aromatic carbocycles. The van der Waals surface area contributed by atoms with Gasteiger partial charge in [0.05, 0.1) is 6.54 Å². The summed E-state index contributed by atoms with van der Waals surface area (Å²) in [5.74, 6) is 0. The molecule has 0 radical (unpaired) electrons. The molecular weight excluding hydrogens is 277 g/mol. The van der Waals surface area contributed by atoms with Crippen molar-refractivity contribution in [1.29, 1.82) is 0 Å². The number of likely N-dealkylation sites (N-methyl/N-ethyl adjacent to an activating group) is 1. The summed E-state index contributed by atoms with van der Waals surface area (Å²) in [6.07, 6.45) is -4.19. The second-order valence-corrected chi connectivity index (χ2v) is 6.24. The van der Waals surface area contributed by atoms with Gasteiger partial charge in [-0.1, -0.05) is 37.3 Å². The number of nitrogens with zero attached hydrogens (tertiary/aromatic N) is 1. The number of nitrogens with one attached hydrogen (secondary N) is 1. The van der Waals surface area contributed by atoms with Crippen molar-refractivity contribution < 1.29 is 13.2 Å². The van der Waals surface area contributed by atoms with Crippen LogP contribution in [0.25, 0.3) is 0 Å². The first-order chi connectivity index (χ1) is 9.62. The van der Waals surface area contributed by atoms with E-state index in [4.69, 9.17) is 0 Å². The first-order valence-corrected chi connectivity index (χ1v) is 7.23. The van der Waals surface area contributed by atoms with E-state index in [9.17, 15) is 13.2 Å². The Labute approximate surface area is 125 Å². The van der Waals surface area contributed by atoms with Gasteiger partial charge in [-0.3, -0.25) is 4.90 Å². The molecule has 21 heavy (non-hydrogen) atoms. The lowest BCUT2D eigenvalue weighted by molar-refractivity contribution is -0.150. The van der Waals surface area contributed by atoms with E-state index >= 15 is 0 Å². The van der Waals surface area contributed by atoms with Crippen LogP contribution in [0.1, 0.15) is 39.3 Å². The molecule has 2 nitrogen and oxygen atoms in total. The van der Waals surface area contributed by atoms with Crippen LogP contribution < -0.4 is 5.32 Å². The van der Waals surface area contributed by atoms with E-state index in [2.05, 4.69) is 5.32 Å². The molecule has 1 atom stereocenters. The van der Waals surface area contributed by atoms with Gasteiger partial charge in [0.1, 0.15) is 0 Å². The quantitative estimate of drug-likeness (QED) is 0.854. The zero-order valence-corrected chi connectivity index (χ0v) is 13.2. The van der Waals surface area contributed by atoms with Gasteiger partial charge in [0.15, 0.2) is 0 Å². The SMILES string of the molecule is CCN(CC(F)(F)F)C(CNC(C)(C)C)c1ccccc1. The van der Waals surface area contributed by atoms with Gasteiger partial charge in [0.2, 0.25) is 0 Å². The van der Waals surface area contributed by atoms with Crippen LogP contribution in [-0.4, -0.2) is 36.2 Å². The van der Waals surface area contributed by atoms with Crippen LogP contribution >= 0.6 is 0 Å². The Bertz CT molecular complexity index is 410. The van der Waals surface area contributed by atoms with Gasteiger partial charge < -0.3 is 5.32 Å². The fourth-order valence-corrected chi connectivity index (χ4v) is 2.21. The maximum Gasteiger partial charge on any atom is 0.401 e. The highest BCUT2D eigenvalue weighted by Crippen LogP contribution is 2.25. The molecule has 5 heteroatoms. The van der Waals surface area contributed by atoms with Gasteiger partial charge in [-0.2, -0.15) is 13.2 Å². The van der Waals surface area contributed by atoms with Gasteiger partial charge in [0.25, 0.3) is 0 Å². The Morgan fingerprint density at radius 1 is 1.10 bits per heavy atom. The molecule has 0 aliphatic carbocycles. The minimum atomic E-state index is -4.19. The molecule has 0 fully saturated rings. The molecule has 120 valence electrons. The van der Waals surface area contributed by atoms with Crippen molar-refractivity contribution in [3.05, 3.63) is 35.9 Å². The van der Waals surface area contributed by atoms with E-state index in [1.54, 1.807) is 6.92 Å². The lowest BCUT2D eigenvalue weighted by Gasteiger charge is -2.34. The Kier molecular flexibility index (Phi) is 6.23. The fraction of sp³-hybridized carbons (Fsp3) is 0.625. The molecule has 1 unspecified atom stereocenters. The summed E-state index contributed by atoms with van der Waals surface area (Å²) in [4.78, 5) is 1.47. The largest absolute Gasteiger partial charge is 0.401 e. The highest BCUT2D eigenvalue weighted by Gasteiger charge is 2.33. The highest BCUT2D eigenvalue weighted by molar-refractivity contribution is 5.19. The van der Waals surface area contributed by atoms with Crippen LogP contribution in [0.2, 0.25) is 0 Å². The number of hydrogen-bond donors (Lipinski definition) is 1. The van der Waals surface area contributed by atoms with Crippen molar-refractivity contribution in [2.24, 2.45) is 0 Å². The monoisotopic (exact) mass is 302 g/mol. The summed E-state index contributed by atoms with van der Waals surface area (Å²) >= 11 is 0. The molecule has 1 aromatic rings. The molecule has 0 aliphatic rings. The van der Waals surface area contributed by atoms with Crippen molar-refractivity contribution >= 4 is 0 Å². The summed E-state index contributed by atoms with van der Waals surface area (Å²) in [7, 11) is 0. The number of benzene rings is 1. The number of rotatable bonds is 6. The Hall–Kier alpha value is -1.07. The predicted octanol–water partition coefficient (Wildman–Crippen LogP) is 4.00. The van der Waals surface area contributed by atoms with E-state index in [0.29, 0.717) is 13.1 Å². The minimum Gasteiger partial charge on any atom is -0.310 e. The lowest BCUT2D eigenvalue weighted by Crippen LogP contribution is -2.45. The van der Waals surface area contributed by atoms with Crippen LogP contribution in [0.15, 0.2) is 30.3 Å². The fourth-order valence-electron chi connectivity index (χ4n) is 2.21. The number of halogens is 3. The molecule has 0 heterocycles. The molecule has 0 saturated heterocycles. The van der Waals surface area contributed by atoms with Gasteiger partial charge in [0, 0.05) is 18.1 Å². The molecule has 0 amide bonds. The average Bonchev–Trinajstić information content (AvgIpc) is 2.36. The van der Waals surface area contributed by atoms with Gasteiger partial charge in [-0.05, 0) is 32.9 Å². The third-order valence-electron chi connectivity index (χ3n) is 3.24. The third-order valence-corrected chi connectivity index (χ3v) is 3.24. The van der Waals surface area contributed by atoms with Crippen molar-refractivity contribution in [1.82, 2.24) is 10.2 Å². The maximum atomic E-state index is 12.8. The summed E-state index contributed by atoms with van der Waals surface area (Å²) in [5, 5.41) is 3.31. The van der Waals surface area contributed by atoms with Crippen LogP contribution in [0.5, 0.6) is 0 Å². The minimum absolute atomic E-state index is 0.134. The zero-order valence-electron chi connectivity index (χ0n) is 13.2. The maximum absolute atomic E-state index is 12.8. The van der Waals surface area contributed by atoms with E-state index in [1.165, 1.54) is 4.90 Å². The van der Waals surface area contributed by atoms with Gasteiger partial charge in [-0.15, -0.1) is 0 Å². The van der Waals surface area contributed by atoms with E-state index in [1.807, 2.05) is 51.1 Å². The van der Waals surface area contributed by atoms with Gasteiger partial charge >= 0.3 is 6.18 Å². The van der Waals surface area contributed by atoms with Crippen LogP contribution in [-0.2, 0) is 0 Å². The molecular formula is C16H25F3N2. The van der Waals surface area contributed by atoms with E-state index in [-0.39, 0.29) is 11.6 Å². The molecule has 0 aromatic heterocycles.